The van der Waals surface area contributed by atoms with Crippen molar-refractivity contribution in [3.63, 3.8) is 0 Å². The van der Waals surface area contributed by atoms with E-state index < -0.39 is 49.8 Å². The monoisotopic (exact) mass is 517 g/mol. The Balaban J connectivity index is 3.97. The van der Waals surface area contributed by atoms with Crippen LogP contribution in [-0.2, 0) is 12.1 Å². The number of benzene rings is 1. The average Bonchev–Trinajstić information content (AvgIpc) is 2.36. The van der Waals surface area contributed by atoms with E-state index in [9.17, 15) is 39.5 Å². The highest BCUT2D eigenvalue weighted by Crippen LogP contribution is 2.59. The van der Waals surface area contributed by atoms with Gasteiger partial charge in [-0.25, -0.2) is 4.39 Å². The van der Waals surface area contributed by atoms with Crippen LogP contribution in [0.5, 0.6) is 0 Å². The summed E-state index contributed by atoms with van der Waals surface area (Å²) in [5, 5.41) is 0. The van der Waals surface area contributed by atoms with Gasteiger partial charge in [-0.3, -0.25) is 0 Å². The summed E-state index contributed by atoms with van der Waals surface area (Å²) in [5.74, 6) is -6.83. The second-order valence-corrected chi connectivity index (χ2v) is 8.49. The van der Waals surface area contributed by atoms with Gasteiger partial charge in [0, 0.05) is 22.5 Å². The molecule has 0 fully saturated rings. The fraction of sp³-hybridized carbons (Fsp3) is 0.538. The van der Waals surface area contributed by atoms with Crippen molar-refractivity contribution in [3.8, 4) is 0 Å². The second-order valence-electron chi connectivity index (χ2n) is 5.18. The predicted octanol–water partition coefficient (Wildman–Crippen LogP) is 7.40. The maximum atomic E-state index is 14.7. The van der Waals surface area contributed by atoms with E-state index in [0.717, 1.165) is 6.92 Å². The molecular formula is C13H6BrCl3F9. The van der Waals surface area contributed by atoms with Crippen LogP contribution >= 0.6 is 50.7 Å². The van der Waals surface area contributed by atoms with Crippen LogP contribution in [0.4, 0.5) is 39.5 Å². The molecule has 0 saturated carbocycles. The van der Waals surface area contributed by atoms with E-state index in [1.54, 1.807) is 0 Å². The van der Waals surface area contributed by atoms with E-state index in [1.165, 1.54) is 0 Å². The molecule has 0 spiro atoms. The van der Waals surface area contributed by atoms with E-state index in [1.807, 2.05) is 0 Å². The van der Waals surface area contributed by atoms with Gasteiger partial charge in [-0.15, -0.1) is 0 Å². The molecule has 0 aliphatic rings. The number of hydrogen-bond acceptors (Lipinski definition) is 0. The molecule has 0 heterocycles. The van der Waals surface area contributed by atoms with E-state index in [4.69, 9.17) is 34.8 Å². The van der Waals surface area contributed by atoms with Gasteiger partial charge in [-0.05, 0) is 34.0 Å². The molecule has 1 radical (unpaired) electrons. The highest BCUT2D eigenvalue weighted by Gasteiger charge is 2.82. The molecule has 1 aromatic rings. The molecule has 149 valence electrons. The van der Waals surface area contributed by atoms with Crippen LogP contribution in [-0.4, -0.2) is 22.1 Å². The van der Waals surface area contributed by atoms with Crippen LogP contribution in [0.2, 0.25) is 0 Å². The number of halogens is 13. The molecule has 0 nitrogen and oxygen atoms in total. The Hall–Kier alpha value is -0.0600. The minimum Gasteiger partial charge on any atom is -0.221 e. The quantitative estimate of drug-likeness (QED) is 0.289. The van der Waals surface area contributed by atoms with Gasteiger partial charge >= 0.3 is 23.9 Å². The average molecular weight is 519 g/mol. The zero-order chi connectivity index (χ0) is 20.9. The van der Waals surface area contributed by atoms with Gasteiger partial charge in [0.2, 0.25) is 0 Å². The summed E-state index contributed by atoms with van der Waals surface area (Å²) in [6.45, 7) is 1.01. The summed E-state index contributed by atoms with van der Waals surface area (Å²) in [6, 6.07) is 2.45. The lowest BCUT2D eigenvalue weighted by atomic mass is 9.83. The first-order chi connectivity index (χ1) is 11.3. The first-order valence-corrected chi connectivity index (χ1v) is 8.17. The maximum Gasteiger partial charge on any atom is 0.457 e. The van der Waals surface area contributed by atoms with Crippen molar-refractivity contribution in [3.05, 3.63) is 33.3 Å². The van der Waals surface area contributed by atoms with Crippen LogP contribution in [0.1, 0.15) is 16.7 Å². The van der Waals surface area contributed by atoms with Crippen molar-refractivity contribution in [2.24, 2.45) is 0 Å². The molecular weight excluding hydrogens is 513 g/mol. The van der Waals surface area contributed by atoms with E-state index in [2.05, 4.69) is 22.0 Å². The van der Waals surface area contributed by atoms with Crippen molar-refractivity contribution in [2.75, 3.05) is 0 Å². The Morgan fingerprint density at radius 2 is 1.38 bits per heavy atom. The standard InChI is InChI=1S/C13H6BrCl3F9/c1-5-2-7(6(8(14)3-5)4-9(15,16)17)10(18,12(21,22)23)11(19,20)13(24,25)26/h2H,4H2,1H3. The topological polar surface area (TPSA) is 0 Å². The fourth-order valence-corrected chi connectivity index (χ4v) is 3.15. The van der Waals surface area contributed by atoms with Gasteiger partial charge in [0.15, 0.2) is 3.79 Å². The third kappa shape index (κ3) is 4.33. The summed E-state index contributed by atoms with van der Waals surface area (Å²) in [5.41, 5.74) is -9.56. The lowest BCUT2D eigenvalue weighted by Crippen LogP contribution is -2.60. The van der Waals surface area contributed by atoms with E-state index >= 15 is 0 Å². The van der Waals surface area contributed by atoms with Gasteiger partial charge in [0.1, 0.15) is 0 Å². The predicted molar refractivity (Wildman–Crippen MR) is 81.6 cm³/mol. The van der Waals surface area contributed by atoms with Crippen LogP contribution in [0, 0.1) is 13.0 Å². The molecule has 0 aliphatic heterocycles. The summed E-state index contributed by atoms with van der Waals surface area (Å²) in [7, 11) is 0. The molecule has 13 heteroatoms. The highest BCUT2D eigenvalue weighted by atomic mass is 79.9. The summed E-state index contributed by atoms with van der Waals surface area (Å²) in [6.07, 6.45) is -14.6. The van der Waals surface area contributed by atoms with Crippen LogP contribution in [0.3, 0.4) is 0 Å². The first-order valence-electron chi connectivity index (χ1n) is 6.24. The van der Waals surface area contributed by atoms with Gasteiger partial charge < -0.3 is 0 Å². The summed E-state index contributed by atoms with van der Waals surface area (Å²) < 4.78 is 117. The third-order valence-corrected chi connectivity index (χ3v) is 4.26. The van der Waals surface area contributed by atoms with Crippen molar-refractivity contribution < 1.29 is 39.5 Å². The molecule has 0 aliphatic carbocycles. The molecule has 0 aromatic heterocycles. The summed E-state index contributed by atoms with van der Waals surface area (Å²) in [4.78, 5) is 0. The largest absolute Gasteiger partial charge is 0.457 e. The highest BCUT2D eigenvalue weighted by molar-refractivity contribution is 9.10. The lowest BCUT2D eigenvalue weighted by molar-refractivity contribution is -0.389. The number of aryl methyl sites for hydroxylation is 1. The Labute approximate surface area is 164 Å². The molecule has 0 saturated heterocycles. The molecule has 1 aromatic carbocycles. The Kier molecular flexibility index (Phi) is 6.53. The Morgan fingerprint density at radius 3 is 1.73 bits per heavy atom. The smallest absolute Gasteiger partial charge is 0.221 e. The normalized spacial score (nSPS) is 16.5. The minimum absolute atomic E-state index is 0.156. The molecule has 26 heavy (non-hydrogen) atoms. The SMILES string of the molecule is Cc1[c]c(Br)c(CC(Cl)(Cl)Cl)c(C(F)(C(F)(F)F)C(F)(F)C(F)(F)F)c1. The zero-order valence-electron chi connectivity index (χ0n) is 12.2. The first kappa shape index (κ1) is 24.0. The van der Waals surface area contributed by atoms with Gasteiger partial charge in [-0.1, -0.05) is 40.9 Å². The summed E-state index contributed by atoms with van der Waals surface area (Å²) >= 11 is 18.8. The molecule has 0 bridgehead atoms. The Bertz CT molecular complexity index is 679. The minimum atomic E-state index is -6.85. The van der Waals surface area contributed by atoms with Crippen LogP contribution in [0.25, 0.3) is 0 Å². The number of hydrogen-bond donors (Lipinski definition) is 0. The van der Waals surface area contributed by atoms with E-state index in [0.29, 0.717) is 0 Å². The van der Waals surface area contributed by atoms with Crippen molar-refractivity contribution in [1.82, 2.24) is 0 Å². The lowest BCUT2D eigenvalue weighted by Gasteiger charge is -2.37. The molecule has 1 rings (SSSR count). The molecule has 1 atom stereocenters. The van der Waals surface area contributed by atoms with Gasteiger partial charge in [0.25, 0.3) is 0 Å². The second kappa shape index (κ2) is 7.08. The zero-order valence-corrected chi connectivity index (χ0v) is 16.1. The number of alkyl halides is 12. The van der Waals surface area contributed by atoms with Crippen LogP contribution in [0.15, 0.2) is 10.5 Å². The fourth-order valence-electron chi connectivity index (χ4n) is 2.08. The van der Waals surface area contributed by atoms with Gasteiger partial charge in [0.05, 0.1) is 0 Å². The third-order valence-electron chi connectivity index (χ3n) is 3.19. The van der Waals surface area contributed by atoms with E-state index in [-0.39, 0.29) is 11.6 Å². The van der Waals surface area contributed by atoms with Crippen molar-refractivity contribution in [1.29, 1.82) is 0 Å². The molecule has 0 amide bonds. The molecule has 1 unspecified atom stereocenters. The van der Waals surface area contributed by atoms with Crippen molar-refractivity contribution in [2.45, 2.75) is 41.1 Å². The van der Waals surface area contributed by atoms with Crippen LogP contribution < -0.4 is 0 Å². The van der Waals surface area contributed by atoms with Gasteiger partial charge in [-0.2, -0.15) is 35.1 Å². The molecule has 0 N–H and O–H groups in total. The van der Waals surface area contributed by atoms with Crippen molar-refractivity contribution >= 4 is 50.7 Å². The maximum absolute atomic E-state index is 14.7. The number of rotatable bonds is 3. The Morgan fingerprint density at radius 1 is 0.923 bits per heavy atom.